The molecule has 5 heteroatoms. The van der Waals surface area contributed by atoms with E-state index in [1.165, 1.54) is 0 Å². The van der Waals surface area contributed by atoms with Crippen LogP contribution in [0.2, 0.25) is 0 Å². The van der Waals surface area contributed by atoms with Gasteiger partial charge in [0.05, 0.1) is 11.6 Å². The number of nitrogens with one attached hydrogen (secondary N) is 1. The number of para-hydroxylation sites is 1. The monoisotopic (exact) mass is 428 g/mol. The fourth-order valence-electron chi connectivity index (χ4n) is 5.35. The number of benzene rings is 2. The first-order chi connectivity index (χ1) is 15.5. The number of hydrogen-bond acceptors (Lipinski definition) is 3. The number of fused-ring (bicyclic) bond motifs is 1. The highest BCUT2D eigenvalue weighted by molar-refractivity contribution is 6.46. The van der Waals surface area contributed by atoms with Crippen LogP contribution in [-0.4, -0.2) is 32.7 Å². The third-order valence-electron chi connectivity index (χ3n) is 7.01. The Morgan fingerprint density at radius 2 is 1.78 bits per heavy atom. The number of H-pyrrole nitrogens is 1. The minimum atomic E-state index is -0.603. The van der Waals surface area contributed by atoms with Gasteiger partial charge in [-0.2, -0.15) is 0 Å². The van der Waals surface area contributed by atoms with Gasteiger partial charge in [0.15, 0.2) is 0 Å². The van der Waals surface area contributed by atoms with Crippen molar-refractivity contribution >= 4 is 28.4 Å². The van der Waals surface area contributed by atoms with Gasteiger partial charge >= 0.3 is 0 Å². The number of ketones is 1. The van der Waals surface area contributed by atoms with E-state index in [9.17, 15) is 14.7 Å². The van der Waals surface area contributed by atoms with Gasteiger partial charge in [-0.15, -0.1) is 0 Å². The van der Waals surface area contributed by atoms with E-state index >= 15 is 0 Å². The number of aromatic amines is 1. The summed E-state index contributed by atoms with van der Waals surface area (Å²) in [7, 11) is 0. The molecular weight excluding hydrogens is 400 g/mol. The second-order valence-electron chi connectivity index (χ2n) is 9.11. The number of aromatic nitrogens is 1. The number of amides is 1. The Labute approximate surface area is 187 Å². The predicted molar refractivity (Wildman–Crippen MR) is 125 cm³/mol. The molecule has 1 aliphatic heterocycles. The summed E-state index contributed by atoms with van der Waals surface area (Å²) in [6.45, 7) is 3.86. The van der Waals surface area contributed by atoms with Crippen LogP contribution in [-0.2, 0) is 9.59 Å². The lowest BCUT2D eigenvalue weighted by Crippen LogP contribution is -2.40. The van der Waals surface area contributed by atoms with Crippen molar-refractivity contribution in [2.24, 2.45) is 0 Å². The SMILES string of the molecule is Cc1ccc(C)c(/C(O)=C2\C(=O)C(=O)N(C3CCCCC3)C2c2c[nH]c3ccccc23)c1. The third kappa shape index (κ3) is 3.24. The summed E-state index contributed by atoms with van der Waals surface area (Å²) >= 11 is 0. The van der Waals surface area contributed by atoms with Crippen LogP contribution < -0.4 is 0 Å². The van der Waals surface area contributed by atoms with Gasteiger partial charge in [0.1, 0.15) is 5.76 Å². The van der Waals surface area contributed by atoms with Crippen molar-refractivity contribution in [3.05, 3.63) is 76.5 Å². The molecule has 2 N–H and O–H groups in total. The number of Topliss-reactive ketones (excluding diaryl/α,β-unsaturated/α-hetero) is 1. The molecule has 1 unspecified atom stereocenters. The highest BCUT2D eigenvalue weighted by atomic mass is 16.3. The number of aliphatic hydroxyl groups excluding tert-OH is 1. The lowest BCUT2D eigenvalue weighted by molar-refractivity contribution is -0.141. The van der Waals surface area contributed by atoms with Crippen molar-refractivity contribution in [2.45, 2.75) is 58.0 Å². The normalized spacial score (nSPS) is 21.6. The summed E-state index contributed by atoms with van der Waals surface area (Å²) in [4.78, 5) is 31.8. The third-order valence-corrected chi connectivity index (χ3v) is 7.01. The van der Waals surface area contributed by atoms with Crippen LogP contribution in [0.3, 0.4) is 0 Å². The number of likely N-dealkylation sites (tertiary alicyclic amines) is 1. The smallest absolute Gasteiger partial charge is 0.295 e. The number of nitrogens with zero attached hydrogens (tertiary/aromatic N) is 1. The van der Waals surface area contributed by atoms with Crippen LogP contribution in [0.15, 0.2) is 54.2 Å². The first-order valence-corrected chi connectivity index (χ1v) is 11.4. The van der Waals surface area contributed by atoms with Crippen LogP contribution in [0, 0.1) is 13.8 Å². The molecule has 3 aromatic rings. The summed E-state index contributed by atoms with van der Waals surface area (Å²) in [6.07, 6.45) is 6.90. The molecule has 1 aliphatic carbocycles. The van der Waals surface area contributed by atoms with Crippen molar-refractivity contribution in [3.63, 3.8) is 0 Å². The molecule has 1 saturated carbocycles. The summed E-state index contributed by atoms with van der Waals surface area (Å²) in [6, 6.07) is 13.1. The van der Waals surface area contributed by atoms with E-state index < -0.39 is 17.7 Å². The number of carbonyl (C=O) groups is 2. The zero-order valence-electron chi connectivity index (χ0n) is 18.5. The Hall–Kier alpha value is -3.34. The number of rotatable bonds is 3. The molecular formula is C27H28N2O3. The molecule has 0 bridgehead atoms. The van der Waals surface area contributed by atoms with Gasteiger partial charge in [0.25, 0.3) is 11.7 Å². The van der Waals surface area contributed by atoms with Crippen molar-refractivity contribution in [1.29, 1.82) is 0 Å². The zero-order chi connectivity index (χ0) is 22.4. The van der Waals surface area contributed by atoms with Crippen molar-refractivity contribution in [3.8, 4) is 0 Å². The number of aliphatic hydroxyl groups is 1. The van der Waals surface area contributed by atoms with E-state index in [2.05, 4.69) is 4.98 Å². The number of carbonyl (C=O) groups excluding carboxylic acids is 2. The molecule has 2 heterocycles. The van der Waals surface area contributed by atoms with Crippen LogP contribution in [0.4, 0.5) is 0 Å². The average Bonchev–Trinajstić information content (AvgIpc) is 3.34. The molecule has 0 radical (unpaired) electrons. The Kier molecular flexibility index (Phi) is 5.12. The average molecular weight is 429 g/mol. The highest BCUT2D eigenvalue weighted by Gasteiger charge is 2.49. The second kappa shape index (κ2) is 7.97. The van der Waals surface area contributed by atoms with Gasteiger partial charge in [0.2, 0.25) is 0 Å². The zero-order valence-corrected chi connectivity index (χ0v) is 18.5. The van der Waals surface area contributed by atoms with Gasteiger partial charge in [-0.3, -0.25) is 9.59 Å². The van der Waals surface area contributed by atoms with Crippen molar-refractivity contribution in [1.82, 2.24) is 9.88 Å². The molecule has 5 rings (SSSR count). The van der Waals surface area contributed by atoms with E-state index in [0.717, 1.165) is 59.7 Å². The first-order valence-electron chi connectivity index (χ1n) is 11.4. The van der Waals surface area contributed by atoms with Gasteiger partial charge in [-0.1, -0.05) is 55.2 Å². The maximum Gasteiger partial charge on any atom is 0.295 e. The van der Waals surface area contributed by atoms with E-state index in [4.69, 9.17) is 0 Å². The molecule has 2 fully saturated rings. The Morgan fingerprint density at radius 1 is 1.03 bits per heavy atom. The predicted octanol–water partition coefficient (Wildman–Crippen LogP) is 5.54. The van der Waals surface area contributed by atoms with Gasteiger partial charge in [0, 0.05) is 34.3 Å². The lowest BCUT2D eigenvalue weighted by Gasteiger charge is -2.35. The quantitative estimate of drug-likeness (QED) is 0.327. The molecule has 32 heavy (non-hydrogen) atoms. The van der Waals surface area contributed by atoms with Crippen LogP contribution in [0.1, 0.15) is 60.4 Å². The first kappa shape index (κ1) is 20.6. The molecule has 2 aromatic carbocycles. The Bertz CT molecular complexity index is 1250. The number of hydrogen-bond donors (Lipinski definition) is 2. The van der Waals surface area contributed by atoms with E-state index in [-0.39, 0.29) is 17.4 Å². The summed E-state index contributed by atoms with van der Waals surface area (Å²) in [5, 5.41) is 12.4. The molecule has 2 aliphatic rings. The summed E-state index contributed by atoms with van der Waals surface area (Å²) in [5.74, 6) is -1.18. The van der Waals surface area contributed by atoms with Crippen molar-refractivity contribution < 1.29 is 14.7 Å². The molecule has 5 nitrogen and oxygen atoms in total. The van der Waals surface area contributed by atoms with E-state index in [0.29, 0.717) is 5.56 Å². The maximum absolute atomic E-state index is 13.4. The van der Waals surface area contributed by atoms with E-state index in [1.807, 2.05) is 62.5 Å². The molecule has 1 amide bonds. The number of aryl methyl sites for hydroxylation is 2. The van der Waals surface area contributed by atoms with Crippen LogP contribution in [0.25, 0.3) is 16.7 Å². The minimum Gasteiger partial charge on any atom is -0.507 e. The topological polar surface area (TPSA) is 73.4 Å². The van der Waals surface area contributed by atoms with E-state index in [1.54, 1.807) is 4.90 Å². The maximum atomic E-state index is 13.4. The Morgan fingerprint density at radius 3 is 2.56 bits per heavy atom. The lowest BCUT2D eigenvalue weighted by atomic mass is 9.90. The Balaban J connectivity index is 1.75. The largest absolute Gasteiger partial charge is 0.507 e. The van der Waals surface area contributed by atoms with Gasteiger partial charge in [-0.05, 0) is 44.4 Å². The molecule has 1 atom stereocenters. The fourth-order valence-corrected chi connectivity index (χ4v) is 5.35. The second-order valence-corrected chi connectivity index (χ2v) is 9.11. The molecule has 164 valence electrons. The minimum absolute atomic E-state index is 0.00256. The molecule has 1 aromatic heterocycles. The van der Waals surface area contributed by atoms with Crippen LogP contribution in [0.5, 0.6) is 0 Å². The summed E-state index contributed by atoms with van der Waals surface area (Å²) < 4.78 is 0. The van der Waals surface area contributed by atoms with Crippen LogP contribution >= 0.6 is 0 Å². The summed E-state index contributed by atoms with van der Waals surface area (Å²) in [5.41, 5.74) is 4.47. The van der Waals surface area contributed by atoms with Crippen molar-refractivity contribution in [2.75, 3.05) is 0 Å². The molecule has 1 saturated heterocycles. The fraction of sp³-hybridized carbons (Fsp3) is 0.333. The highest BCUT2D eigenvalue weighted by Crippen LogP contribution is 2.45. The molecule has 0 spiro atoms. The van der Waals surface area contributed by atoms with Gasteiger partial charge in [-0.25, -0.2) is 0 Å². The standard InChI is InChI=1S/C27H28N2O3/c1-16-12-13-17(2)20(14-16)25(30)23-24(21-15-28-22-11-7-6-10-19(21)22)29(27(32)26(23)31)18-8-4-3-5-9-18/h6-7,10-15,18,24,28,30H,3-5,8-9H2,1-2H3/b25-23+. The van der Waals surface area contributed by atoms with Gasteiger partial charge < -0.3 is 15.0 Å².